The first-order valence-corrected chi connectivity index (χ1v) is 7.42. The molecule has 21 heavy (non-hydrogen) atoms. The lowest BCUT2D eigenvalue weighted by Crippen LogP contribution is -2.44. The van der Waals surface area contributed by atoms with Crippen LogP contribution in [0.2, 0.25) is 0 Å². The van der Waals surface area contributed by atoms with Crippen LogP contribution in [-0.2, 0) is 5.54 Å². The fourth-order valence-corrected chi connectivity index (χ4v) is 2.37. The van der Waals surface area contributed by atoms with Gasteiger partial charge in [0.05, 0.1) is 19.3 Å². The molecule has 2 aromatic carbocycles. The van der Waals surface area contributed by atoms with Gasteiger partial charge in [-0.25, -0.2) is 0 Å². The van der Waals surface area contributed by atoms with Gasteiger partial charge in [0.2, 0.25) is 0 Å². The summed E-state index contributed by atoms with van der Waals surface area (Å²) < 4.78 is 5.25. The standard InChI is InChI=1S/C18H25NO2/c1-13(2)11-19-18(3,12-20)16-7-5-15-10-17(21-4)8-6-14(15)9-16/h5-10,13,19-20H,11-12H2,1-4H3. The number of nitrogens with one attached hydrogen (secondary N) is 1. The molecule has 0 aliphatic rings. The zero-order valence-electron chi connectivity index (χ0n) is 13.3. The molecule has 2 N–H and O–H groups in total. The van der Waals surface area contributed by atoms with E-state index in [-0.39, 0.29) is 6.61 Å². The van der Waals surface area contributed by atoms with E-state index in [0.29, 0.717) is 5.92 Å². The molecular weight excluding hydrogens is 262 g/mol. The van der Waals surface area contributed by atoms with Gasteiger partial charge in [0.15, 0.2) is 0 Å². The van der Waals surface area contributed by atoms with Crippen LogP contribution in [0.1, 0.15) is 26.3 Å². The van der Waals surface area contributed by atoms with E-state index in [4.69, 9.17) is 4.74 Å². The van der Waals surface area contributed by atoms with E-state index >= 15 is 0 Å². The van der Waals surface area contributed by atoms with Gasteiger partial charge in [-0.15, -0.1) is 0 Å². The maximum absolute atomic E-state index is 9.82. The third-order valence-electron chi connectivity index (χ3n) is 3.90. The van der Waals surface area contributed by atoms with Crippen molar-refractivity contribution < 1.29 is 9.84 Å². The SMILES string of the molecule is COc1ccc2cc(C(C)(CO)NCC(C)C)ccc2c1. The quantitative estimate of drug-likeness (QED) is 0.856. The molecule has 0 bridgehead atoms. The van der Waals surface area contributed by atoms with Crippen LogP contribution in [0.4, 0.5) is 0 Å². The molecule has 2 rings (SSSR count). The summed E-state index contributed by atoms with van der Waals surface area (Å²) in [6.45, 7) is 7.31. The maximum atomic E-state index is 9.82. The van der Waals surface area contributed by atoms with E-state index in [9.17, 15) is 5.11 Å². The van der Waals surface area contributed by atoms with Crippen LogP contribution in [0.25, 0.3) is 10.8 Å². The first kappa shape index (κ1) is 15.8. The molecule has 0 radical (unpaired) electrons. The number of benzene rings is 2. The Kier molecular flexibility index (Phi) is 4.86. The van der Waals surface area contributed by atoms with Gasteiger partial charge in [-0.05, 0) is 53.9 Å². The summed E-state index contributed by atoms with van der Waals surface area (Å²) in [6.07, 6.45) is 0. The molecule has 0 heterocycles. The van der Waals surface area contributed by atoms with E-state index in [1.807, 2.05) is 19.1 Å². The second kappa shape index (κ2) is 6.46. The van der Waals surface area contributed by atoms with Crippen LogP contribution >= 0.6 is 0 Å². The first-order valence-electron chi connectivity index (χ1n) is 7.42. The van der Waals surface area contributed by atoms with Crippen LogP contribution in [0.15, 0.2) is 36.4 Å². The Hall–Kier alpha value is -1.58. The van der Waals surface area contributed by atoms with Crippen molar-refractivity contribution in [3.63, 3.8) is 0 Å². The Morgan fingerprint density at radius 3 is 2.43 bits per heavy atom. The topological polar surface area (TPSA) is 41.5 Å². The molecule has 0 saturated heterocycles. The summed E-state index contributed by atoms with van der Waals surface area (Å²) in [5.41, 5.74) is 0.682. The highest BCUT2D eigenvalue weighted by molar-refractivity contribution is 5.84. The lowest BCUT2D eigenvalue weighted by Gasteiger charge is -2.30. The Morgan fingerprint density at radius 1 is 1.14 bits per heavy atom. The zero-order valence-corrected chi connectivity index (χ0v) is 13.3. The minimum atomic E-state index is -0.418. The Balaban J connectivity index is 2.35. The normalized spacial score (nSPS) is 14.4. The van der Waals surface area contributed by atoms with Gasteiger partial charge in [-0.1, -0.05) is 32.0 Å². The summed E-state index contributed by atoms with van der Waals surface area (Å²) in [5.74, 6) is 1.40. The number of methoxy groups -OCH3 is 1. The predicted octanol–water partition coefficient (Wildman–Crippen LogP) is 3.30. The maximum Gasteiger partial charge on any atom is 0.119 e. The van der Waals surface area contributed by atoms with Crippen molar-refractivity contribution in [3.05, 3.63) is 42.0 Å². The van der Waals surface area contributed by atoms with Crippen molar-refractivity contribution in [3.8, 4) is 5.75 Å². The second-order valence-corrected chi connectivity index (χ2v) is 6.19. The van der Waals surface area contributed by atoms with Crippen molar-refractivity contribution >= 4 is 10.8 Å². The molecule has 114 valence electrons. The molecule has 0 amide bonds. The Morgan fingerprint density at radius 2 is 1.81 bits per heavy atom. The first-order chi connectivity index (χ1) is 9.98. The Bertz CT molecular complexity index is 609. The number of aliphatic hydroxyl groups excluding tert-OH is 1. The van der Waals surface area contributed by atoms with Crippen molar-refractivity contribution in [2.24, 2.45) is 5.92 Å². The summed E-state index contributed by atoms with van der Waals surface area (Å²) >= 11 is 0. The summed E-state index contributed by atoms with van der Waals surface area (Å²) in [5, 5.41) is 15.6. The average molecular weight is 287 g/mol. The summed E-state index contributed by atoms with van der Waals surface area (Å²) in [7, 11) is 1.67. The number of aliphatic hydroxyl groups is 1. The average Bonchev–Trinajstić information content (AvgIpc) is 2.51. The summed E-state index contributed by atoms with van der Waals surface area (Å²) in [4.78, 5) is 0. The van der Waals surface area contributed by atoms with Crippen LogP contribution in [-0.4, -0.2) is 25.4 Å². The molecule has 2 aromatic rings. The largest absolute Gasteiger partial charge is 0.497 e. The van der Waals surface area contributed by atoms with Crippen molar-refractivity contribution in [2.45, 2.75) is 26.3 Å². The molecule has 1 atom stereocenters. The minimum absolute atomic E-state index is 0.0708. The molecule has 3 nitrogen and oxygen atoms in total. The van der Waals surface area contributed by atoms with Crippen molar-refractivity contribution in [1.82, 2.24) is 5.32 Å². The molecule has 0 aliphatic heterocycles. The Labute approximate surface area is 126 Å². The third-order valence-corrected chi connectivity index (χ3v) is 3.90. The smallest absolute Gasteiger partial charge is 0.119 e. The molecule has 0 spiro atoms. The van der Waals surface area contributed by atoms with E-state index < -0.39 is 5.54 Å². The van der Waals surface area contributed by atoms with Gasteiger partial charge < -0.3 is 15.2 Å². The number of hydrogen-bond acceptors (Lipinski definition) is 3. The van der Waals surface area contributed by atoms with Gasteiger partial charge in [0.25, 0.3) is 0 Å². The molecule has 0 aromatic heterocycles. The molecule has 0 aliphatic carbocycles. The predicted molar refractivity (Wildman–Crippen MR) is 87.8 cm³/mol. The molecular formula is C18H25NO2. The van der Waals surface area contributed by atoms with Gasteiger partial charge in [0.1, 0.15) is 5.75 Å². The van der Waals surface area contributed by atoms with Crippen molar-refractivity contribution in [1.29, 1.82) is 0 Å². The van der Waals surface area contributed by atoms with Gasteiger partial charge in [-0.2, -0.15) is 0 Å². The number of ether oxygens (including phenoxy) is 1. The van der Waals surface area contributed by atoms with E-state index in [0.717, 1.165) is 28.6 Å². The highest BCUT2D eigenvalue weighted by atomic mass is 16.5. The van der Waals surface area contributed by atoms with Crippen LogP contribution in [0, 0.1) is 5.92 Å². The monoisotopic (exact) mass is 287 g/mol. The highest BCUT2D eigenvalue weighted by Gasteiger charge is 2.25. The molecule has 0 fully saturated rings. The summed E-state index contributed by atoms with van der Waals surface area (Å²) in [6, 6.07) is 12.3. The molecule has 1 unspecified atom stereocenters. The van der Waals surface area contributed by atoms with Crippen LogP contribution in [0.3, 0.4) is 0 Å². The van der Waals surface area contributed by atoms with E-state index in [1.165, 1.54) is 0 Å². The fraction of sp³-hybridized carbons (Fsp3) is 0.444. The minimum Gasteiger partial charge on any atom is -0.497 e. The third kappa shape index (κ3) is 3.55. The number of fused-ring (bicyclic) bond motifs is 1. The van der Waals surface area contributed by atoms with E-state index in [1.54, 1.807) is 7.11 Å². The number of rotatable bonds is 6. The highest BCUT2D eigenvalue weighted by Crippen LogP contribution is 2.27. The molecule has 0 saturated carbocycles. The van der Waals surface area contributed by atoms with Gasteiger partial charge >= 0.3 is 0 Å². The van der Waals surface area contributed by atoms with E-state index in [2.05, 4.69) is 43.4 Å². The second-order valence-electron chi connectivity index (χ2n) is 6.19. The van der Waals surface area contributed by atoms with Crippen LogP contribution < -0.4 is 10.1 Å². The molecule has 3 heteroatoms. The van der Waals surface area contributed by atoms with Gasteiger partial charge in [-0.3, -0.25) is 0 Å². The van der Waals surface area contributed by atoms with Crippen LogP contribution in [0.5, 0.6) is 5.75 Å². The lowest BCUT2D eigenvalue weighted by molar-refractivity contribution is 0.171. The fourth-order valence-electron chi connectivity index (χ4n) is 2.37. The number of hydrogen-bond donors (Lipinski definition) is 2. The lowest BCUT2D eigenvalue weighted by atomic mass is 9.90. The zero-order chi connectivity index (χ0) is 15.5. The van der Waals surface area contributed by atoms with Crippen molar-refractivity contribution in [2.75, 3.05) is 20.3 Å². The van der Waals surface area contributed by atoms with Gasteiger partial charge in [0, 0.05) is 0 Å².